The lowest BCUT2D eigenvalue weighted by atomic mass is 9.46. The number of hydrogen-bond donors (Lipinski definition) is 0. The predicted molar refractivity (Wildman–Crippen MR) is 213 cm³/mol. The van der Waals surface area contributed by atoms with Crippen LogP contribution in [0.25, 0.3) is 21.9 Å². The molecule has 0 saturated heterocycles. The highest BCUT2D eigenvalue weighted by molar-refractivity contribution is 7.91. The first-order chi connectivity index (χ1) is 25.1. The molecule has 0 N–H and O–H groups in total. The van der Waals surface area contributed by atoms with E-state index in [0.29, 0.717) is 33.5 Å². The van der Waals surface area contributed by atoms with E-state index < -0.39 is 9.84 Å². The van der Waals surface area contributed by atoms with Crippen LogP contribution in [0.1, 0.15) is 75.6 Å². The van der Waals surface area contributed by atoms with Gasteiger partial charge in [0.1, 0.15) is 0 Å². The molecule has 3 aliphatic carbocycles. The van der Waals surface area contributed by atoms with Gasteiger partial charge < -0.3 is 4.90 Å². The molecule has 4 aliphatic rings. The molecule has 4 heteroatoms. The van der Waals surface area contributed by atoms with E-state index >= 15 is 0 Å². The van der Waals surface area contributed by atoms with Crippen molar-refractivity contribution < 1.29 is 8.42 Å². The summed E-state index contributed by atoms with van der Waals surface area (Å²) in [5.41, 5.74) is 9.66. The Morgan fingerprint density at radius 1 is 0.519 bits per heavy atom. The number of sulfone groups is 1. The minimum absolute atomic E-state index is 0.167. The van der Waals surface area contributed by atoms with Crippen LogP contribution in [0.5, 0.6) is 0 Å². The zero-order chi connectivity index (χ0) is 35.6. The summed E-state index contributed by atoms with van der Waals surface area (Å²) in [6, 6.07) is 45.0. The van der Waals surface area contributed by atoms with Gasteiger partial charge in [0.05, 0.1) is 9.79 Å². The molecule has 10 rings (SSSR count). The molecule has 1 aliphatic heterocycles. The van der Waals surface area contributed by atoms with Crippen LogP contribution < -0.4 is 4.90 Å². The molecule has 2 bridgehead atoms. The Bertz CT molecular complexity index is 2520. The number of rotatable bonds is 3. The molecule has 0 aromatic heterocycles. The van der Waals surface area contributed by atoms with Gasteiger partial charge in [-0.2, -0.15) is 0 Å². The molecule has 0 radical (unpaired) electrons. The van der Waals surface area contributed by atoms with Crippen LogP contribution in [0, 0.1) is 23.7 Å². The SMILES string of the molecule is CC1CC2CC(C)CC(C1)C21c2ccccc2S(=O)(=O)c2cc(N(c3ccc4c(c3)C(C)(C)c3ccccc3-4)c3ccc4ccccc4c3)ccc21. The van der Waals surface area contributed by atoms with Crippen LogP contribution in [0.2, 0.25) is 0 Å². The Hall–Kier alpha value is -4.67. The van der Waals surface area contributed by atoms with Crippen molar-refractivity contribution in [1.82, 2.24) is 0 Å². The van der Waals surface area contributed by atoms with Gasteiger partial charge >= 0.3 is 0 Å². The van der Waals surface area contributed by atoms with Gasteiger partial charge in [-0.3, -0.25) is 0 Å². The van der Waals surface area contributed by atoms with Crippen molar-refractivity contribution in [2.24, 2.45) is 23.7 Å². The summed E-state index contributed by atoms with van der Waals surface area (Å²) in [6.45, 7) is 9.42. The predicted octanol–water partition coefficient (Wildman–Crippen LogP) is 12.1. The van der Waals surface area contributed by atoms with Crippen molar-refractivity contribution in [2.45, 2.75) is 74.0 Å². The molecular formula is C48H45NO2S. The molecule has 1 heterocycles. The minimum Gasteiger partial charge on any atom is -0.310 e. The summed E-state index contributed by atoms with van der Waals surface area (Å²) in [4.78, 5) is 3.27. The van der Waals surface area contributed by atoms with Crippen molar-refractivity contribution in [2.75, 3.05) is 4.90 Å². The number of fused-ring (bicyclic) bond motifs is 6. The smallest absolute Gasteiger partial charge is 0.207 e. The van der Waals surface area contributed by atoms with E-state index in [2.05, 4.69) is 142 Å². The van der Waals surface area contributed by atoms with E-state index in [0.717, 1.165) is 59.3 Å². The van der Waals surface area contributed by atoms with E-state index in [9.17, 15) is 8.42 Å². The van der Waals surface area contributed by atoms with E-state index in [1.54, 1.807) is 0 Å². The second-order valence-electron chi connectivity index (χ2n) is 16.9. The van der Waals surface area contributed by atoms with Crippen molar-refractivity contribution in [3.05, 3.63) is 150 Å². The van der Waals surface area contributed by atoms with Crippen LogP contribution >= 0.6 is 0 Å². The monoisotopic (exact) mass is 699 g/mol. The third-order valence-corrected chi connectivity index (χ3v) is 15.3. The molecule has 2 saturated carbocycles. The molecule has 0 unspecified atom stereocenters. The quantitative estimate of drug-likeness (QED) is 0.185. The van der Waals surface area contributed by atoms with Gasteiger partial charge in [0.15, 0.2) is 0 Å². The molecule has 1 spiro atoms. The first-order valence-corrected chi connectivity index (χ1v) is 20.6. The van der Waals surface area contributed by atoms with Gasteiger partial charge in [0, 0.05) is 27.9 Å². The highest BCUT2D eigenvalue weighted by Crippen LogP contribution is 2.64. The topological polar surface area (TPSA) is 37.4 Å². The summed E-state index contributed by atoms with van der Waals surface area (Å²) in [7, 11) is -3.78. The molecule has 3 nitrogen and oxygen atoms in total. The van der Waals surface area contributed by atoms with Gasteiger partial charge in [-0.15, -0.1) is 0 Å². The van der Waals surface area contributed by atoms with Gasteiger partial charge in [-0.05, 0) is 136 Å². The largest absolute Gasteiger partial charge is 0.310 e. The number of nitrogens with zero attached hydrogens (tertiary/aromatic N) is 1. The Morgan fingerprint density at radius 2 is 1.06 bits per heavy atom. The maximum absolute atomic E-state index is 14.9. The average molecular weight is 700 g/mol. The van der Waals surface area contributed by atoms with Crippen molar-refractivity contribution >= 4 is 37.7 Å². The van der Waals surface area contributed by atoms with Crippen LogP contribution in [-0.4, -0.2) is 8.42 Å². The molecule has 52 heavy (non-hydrogen) atoms. The van der Waals surface area contributed by atoms with Crippen LogP contribution in [-0.2, 0) is 20.7 Å². The van der Waals surface area contributed by atoms with Crippen molar-refractivity contribution in [3.8, 4) is 11.1 Å². The summed E-state index contributed by atoms with van der Waals surface area (Å²) < 4.78 is 29.9. The maximum Gasteiger partial charge on any atom is 0.207 e. The highest BCUT2D eigenvalue weighted by atomic mass is 32.2. The molecular weight excluding hydrogens is 655 g/mol. The molecule has 6 aromatic carbocycles. The molecule has 6 aromatic rings. The number of benzene rings is 6. The fourth-order valence-corrected chi connectivity index (χ4v) is 13.2. The molecule has 0 amide bonds. The molecule has 260 valence electrons. The fraction of sp³-hybridized carbons (Fsp3) is 0.292. The summed E-state index contributed by atoms with van der Waals surface area (Å²) in [6.07, 6.45) is 4.53. The lowest BCUT2D eigenvalue weighted by molar-refractivity contribution is 0.0231. The second-order valence-corrected chi connectivity index (χ2v) is 18.7. The standard InChI is InChI=1S/C48H45NO2S/c1-30-23-34-25-31(2)26-35(24-30)48(34)42-15-9-10-16-45(42)52(50,51)46-29-38(20-22-43(46)48)49(36-18-17-32-11-5-6-12-33(32)27-36)37-19-21-40-39-13-7-8-14-41(39)47(3,4)44(40)28-37/h5-22,27-31,34-35H,23-26H2,1-4H3. The molecule has 2 fully saturated rings. The van der Waals surface area contributed by atoms with Crippen molar-refractivity contribution in [3.63, 3.8) is 0 Å². The Kier molecular flexibility index (Phi) is 6.88. The summed E-state index contributed by atoms with van der Waals surface area (Å²) in [5.74, 6) is 2.09. The first-order valence-electron chi connectivity index (χ1n) is 19.1. The lowest BCUT2D eigenvalue weighted by Crippen LogP contribution is -2.54. The summed E-state index contributed by atoms with van der Waals surface area (Å²) >= 11 is 0. The van der Waals surface area contributed by atoms with E-state index in [1.165, 1.54) is 27.6 Å². The lowest BCUT2D eigenvalue weighted by Gasteiger charge is -2.59. The van der Waals surface area contributed by atoms with Crippen LogP contribution in [0.3, 0.4) is 0 Å². The first kappa shape index (κ1) is 32.0. The van der Waals surface area contributed by atoms with E-state index in [1.807, 2.05) is 18.2 Å². The zero-order valence-electron chi connectivity index (χ0n) is 30.4. The van der Waals surface area contributed by atoms with Crippen LogP contribution in [0.15, 0.2) is 137 Å². The number of anilines is 3. The van der Waals surface area contributed by atoms with E-state index in [4.69, 9.17) is 0 Å². The Balaban J connectivity index is 1.21. The van der Waals surface area contributed by atoms with Gasteiger partial charge in [-0.25, -0.2) is 8.42 Å². The van der Waals surface area contributed by atoms with Gasteiger partial charge in [0.25, 0.3) is 0 Å². The van der Waals surface area contributed by atoms with Gasteiger partial charge in [-0.1, -0.05) is 113 Å². The Morgan fingerprint density at radius 3 is 1.81 bits per heavy atom. The Labute approximate surface area is 308 Å². The normalized spacial score (nSPS) is 25.9. The van der Waals surface area contributed by atoms with Crippen LogP contribution in [0.4, 0.5) is 17.1 Å². The van der Waals surface area contributed by atoms with Gasteiger partial charge in [0.2, 0.25) is 9.84 Å². The summed E-state index contributed by atoms with van der Waals surface area (Å²) in [5, 5.41) is 2.33. The van der Waals surface area contributed by atoms with Crippen molar-refractivity contribution in [1.29, 1.82) is 0 Å². The average Bonchev–Trinajstić information content (AvgIpc) is 3.37. The third kappa shape index (κ3) is 4.34. The third-order valence-electron chi connectivity index (χ3n) is 13.4. The molecule has 0 atom stereocenters. The second kappa shape index (κ2) is 11.2. The minimum atomic E-state index is -3.78. The number of hydrogen-bond acceptors (Lipinski definition) is 3. The highest BCUT2D eigenvalue weighted by Gasteiger charge is 2.59. The zero-order valence-corrected chi connectivity index (χ0v) is 31.3. The fourth-order valence-electron chi connectivity index (χ4n) is 11.4. The maximum atomic E-state index is 14.9. The van der Waals surface area contributed by atoms with E-state index in [-0.39, 0.29) is 10.8 Å².